The summed E-state index contributed by atoms with van der Waals surface area (Å²) in [4.78, 5) is 0. The molecule has 0 aliphatic heterocycles. The van der Waals surface area contributed by atoms with Crippen molar-refractivity contribution in [2.24, 2.45) is 0 Å². The number of hydrogen-bond acceptors (Lipinski definition) is 1. The lowest BCUT2D eigenvalue weighted by molar-refractivity contribution is 0.180. The van der Waals surface area contributed by atoms with Crippen molar-refractivity contribution in [1.82, 2.24) is 0 Å². The van der Waals surface area contributed by atoms with E-state index >= 15 is 0 Å². The van der Waals surface area contributed by atoms with Gasteiger partial charge >= 0.3 is 0 Å². The van der Waals surface area contributed by atoms with Gasteiger partial charge in [-0.25, -0.2) is 0 Å². The maximum atomic E-state index is 9.28. The van der Waals surface area contributed by atoms with Gasteiger partial charge in [-0.05, 0) is 13.3 Å². The van der Waals surface area contributed by atoms with Gasteiger partial charge in [0.1, 0.15) is 0 Å². The third kappa shape index (κ3) is 7.15. The molecule has 0 aliphatic rings. The van der Waals surface area contributed by atoms with Gasteiger partial charge in [-0.2, -0.15) is 0 Å². The molecule has 1 N–H and O–H groups in total. The molecular weight excluding hydrogens is 136 g/mol. The Labute approximate surface area is 69.1 Å². The molecule has 0 bridgehead atoms. The van der Waals surface area contributed by atoms with Gasteiger partial charge in [0.25, 0.3) is 0 Å². The van der Waals surface area contributed by atoms with E-state index in [-0.39, 0.29) is 6.10 Å². The van der Waals surface area contributed by atoms with Crippen molar-refractivity contribution in [2.45, 2.75) is 39.2 Å². The van der Waals surface area contributed by atoms with Crippen molar-refractivity contribution in [1.29, 1.82) is 0 Å². The first-order valence-electron chi connectivity index (χ1n) is 3.95. The number of aliphatic hydroxyl groups is 1. The van der Waals surface area contributed by atoms with Crippen LogP contribution in [0.25, 0.3) is 0 Å². The Balaban J connectivity index is 3.52. The summed E-state index contributed by atoms with van der Waals surface area (Å²) >= 11 is 0. The number of hydrogen-bond donors (Lipinski definition) is 1. The van der Waals surface area contributed by atoms with Crippen LogP contribution in [-0.2, 0) is 0 Å². The lowest BCUT2D eigenvalue weighted by Gasteiger charge is -2.04. The summed E-state index contributed by atoms with van der Waals surface area (Å²) in [5.41, 5.74) is 1.01. The van der Waals surface area contributed by atoms with E-state index in [0.717, 1.165) is 12.0 Å². The lowest BCUT2D eigenvalue weighted by Crippen LogP contribution is -2.04. The fourth-order valence-electron chi connectivity index (χ4n) is 0.789. The minimum Gasteiger partial charge on any atom is -0.392 e. The van der Waals surface area contributed by atoms with Gasteiger partial charge in [-0.15, -0.1) is 18.4 Å². The molecule has 0 aliphatic carbocycles. The lowest BCUT2D eigenvalue weighted by atomic mass is 10.1. The van der Waals surface area contributed by atoms with Gasteiger partial charge in [-0.3, -0.25) is 0 Å². The largest absolute Gasteiger partial charge is 0.392 e. The van der Waals surface area contributed by atoms with Gasteiger partial charge < -0.3 is 5.11 Å². The number of rotatable bonds is 3. The predicted molar refractivity (Wildman–Crippen MR) is 48.1 cm³/mol. The molecule has 0 unspecified atom stereocenters. The first-order chi connectivity index (χ1) is 5.16. The van der Waals surface area contributed by atoms with Crippen LogP contribution in [0.1, 0.15) is 33.1 Å². The molecule has 0 aromatic heterocycles. The molecule has 0 saturated carbocycles. The monoisotopic (exact) mass is 152 g/mol. The first-order valence-corrected chi connectivity index (χ1v) is 3.95. The Kier molecular flexibility index (Phi) is 5.60. The van der Waals surface area contributed by atoms with E-state index in [4.69, 9.17) is 0 Å². The van der Waals surface area contributed by atoms with Crippen molar-refractivity contribution < 1.29 is 5.11 Å². The summed E-state index contributed by atoms with van der Waals surface area (Å²) in [5, 5.41) is 9.28. The van der Waals surface area contributed by atoms with Gasteiger partial charge in [0.2, 0.25) is 0 Å². The van der Waals surface area contributed by atoms with Crippen LogP contribution in [0.3, 0.4) is 0 Å². The zero-order valence-electron chi connectivity index (χ0n) is 7.35. The molecule has 0 spiro atoms. The minimum atomic E-state index is -0.327. The highest BCUT2D eigenvalue weighted by Crippen LogP contribution is 2.03. The molecule has 0 radical (unpaired) electrons. The maximum Gasteiger partial charge on any atom is 0.0686 e. The molecule has 0 aromatic rings. The molecule has 62 valence electrons. The van der Waals surface area contributed by atoms with Gasteiger partial charge in [-0.1, -0.05) is 12.5 Å². The smallest absolute Gasteiger partial charge is 0.0686 e. The highest BCUT2D eigenvalue weighted by Gasteiger charge is 2.00. The van der Waals surface area contributed by atoms with Crippen molar-refractivity contribution in [3.05, 3.63) is 12.2 Å². The predicted octanol–water partition coefficient (Wildman–Crippen LogP) is 2.12. The maximum absolute atomic E-state index is 9.28. The second-order valence-electron chi connectivity index (χ2n) is 2.73. The van der Waals surface area contributed by atoms with Crippen molar-refractivity contribution >= 4 is 0 Å². The van der Waals surface area contributed by atoms with Crippen LogP contribution in [0.4, 0.5) is 0 Å². The number of aliphatic hydroxyl groups excluding tert-OH is 1. The quantitative estimate of drug-likeness (QED) is 0.485. The summed E-state index contributed by atoms with van der Waals surface area (Å²) in [6.07, 6.45) is 1.77. The van der Waals surface area contributed by atoms with Crippen molar-refractivity contribution in [2.75, 3.05) is 0 Å². The molecular formula is C10H16O. The molecule has 1 atom stereocenters. The van der Waals surface area contributed by atoms with Crippen LogP contribution >= 0.6 is 0 Å². The van der Waals surface area contributed by atoms with E-state index in [9.17, 15) is 5.11 Å². The van der Waals surface area contributed by atoms with Gasteiger partial charge in [0.05, 0.1) is 6.10 Å². The van der Waals surface area contributed by atoms with E-state index in [0.29, 0.717) is 12.8 Å². The molecule has 0 aromatic carbocycles. The van der Waals surface area contributed by atoms with Crippen molar-refractivity contribution in [3.63, 3.8) is 0 Å². The van der Waals surface area contributed by atoms with E-state index in [2.05, 4.69) is 18.4 Å². The molecule has 0 heterocycles. The van der Waals surface area contributed by atoms with E-state index < -0.39 is 0 Å². The molecule has 0 saturated heterocycles. The van der Waals surface area contributed by atoms with Crippen LogP contribution < -0.4 is 0 Å². The standard InChI is InChI=1S/C10H16O/c1-4-5-6-7-10(11)8-9(2)3/h10-11H,2,4,7-8H2,1,3H3/t10-/m1/s1. The van der Waals surface area contributed by atoms with Gasteiger partial charge in [0.15, 0.2) is 0 Å². The SMILES string of the molecule is C=C(C)C[C@H](O)CC#CCC. The second kappa shape index (κ2) is 6.00. The summed E-state index contributed by atoms with van der Waals surface area (Å²) in [7, 11) is 0. The van der Waals surface area contributed by atoms with Crippen LogP contribution in [0.5, 0.6) is 0 Å². The zero-order chi connectivity index (χ0) is 8.69. The van der Waals surface area contributed by atoms with E-state index in [1.807, 2.05) is 13.8 Å². The summed E-state index contributed by atoms with van der Waals surface area (Å²) in [6.45, 7) is 7.63. The Hall–Kier alpha value is -0.740. The van der Waals surface area contributed by atoms with Crippen LogP contribution in [0, 0.1) is 11.8 Å². The molecule has 1 heteroatoms. The molecule has 0 rings (SSSR count). The average molecular weight is 152 g/mol. The molecule has 11 heavy (non-hydrogen) atoms. The Bertz CT molecular complexity index is 171. The molecule has 0 amide bonds. The summed E-state index contributed by atoms with van der Waals surface area (Å²) in [6, 6.07) is 0. The summed E-state index contributed by atoms with van der Waals surface area (Å²) < 4.78 is 0. The fraction of sp³-hybridized carbons (Fsp3) is 0.600. The highest BCUT2D eigenvalue weighted by molar-refractivity contribution is 5.01. The Morgan fingerprint density at radius 1 is 1.55 bits per heavy atom. The van der Waals surface area contributed by atoms with Gasteiger partial charge in [0, 0.05) is 12.8 Å². The average Bonchev–Trinajstić information content (AvgIpc) is 1.86. The third-order valence-electron chi connectivity index (χ3n) is 1.22. The topological polar surface area (TPSA) is 20.2 Å². The highest BCUT2D eigenvalue weighted by atomic mass is 16.3. The third-order valence-corrected chi connectivity index (χ3v) is 1.22. The van der Waals surface area contributed by atoms with Crippen molar-refractivity contribution in [3.8, 4) is 11.8 Å². The van der Waals surface area contributed by atoms with Crippen LogP contribution in [0.15, 0.2) is 12.2 Å². The van der Waals surface area contributed by atoms with E-state index in [1.54, 1.807) is 0 Å². The Morgan fingerprint density at radius 3 is 2.64 bits per heavy atom. The van der Waals surface area contributed by atoms with E-state index in [1.165, 1.54) is 0 Å². The minimum absolute atomic E-state index is 0.327. The first kappa shape index (κ1) is 10.3. The molecule has 1 nitrogen and oxygen atoms in total. The fourth-order valence-corrected chi connectivity index (χ4v) is 0.789. The summed E-state index contributed by atoms with van der Waals surface area (Å²) in [5.74, 6) is 5.81. The van der Waals surface area contributed by atoms with Crippen LogP contribution in [0.2, 0.25) is 0 Å². The second-order valence-corrected chi connectivity index (χ2v) is 2.73. The zero-order valence-corrected chi connectivity index (χ0v) is 7.35. The normalized spacial score (nSPS) is 11.5. The molecule has 0 fully saturated rings. The Morgan fingerprint density at radius 2 is 2.18 bits per heavy atom. The van der Waals surface area contributed by atoms with Crippen LogP contribution in [-0.4, -0.2) is 11.2 Å².